The predicted octanol–water partition coefficient (Wildman–Crippen LogP) is -1.25. The molecule has 0 atom stereocenters. The number of nitrogens with zero attached hydrogens (tertiary/aromatic N) is 1. The van der Waals surface area contributed by atoms with Crippen molar-refractivity contribution in [1.82, 2.24) is 4.90 Å². The molecule has 0 aliphatic rings. The van der Waals surface area contributed by atoms with Crippen LogP contribution >= 0.6 is 0 Å². The van der Waals surface area contributed by atoms with E-state index in [4.69, 9.17) is 14.6 Å². The Morgan fingerprint density at radius 2 is 1.33 bits per heavy atom. The van der Waals surface area contributed by atoms with Crippen molar-refractivity contribution in [1.29, 1.82) is 0 Å². The summed E-state index contributed by atoms with van der Waals surface area (Å²) in [5.41, 5.74) is 0. The fourth-order valence-corrected chi connectivity index (χ4v) is 1.28. The van der Waals surface area contributed by atoms with Gasteiger partial charge in [0.05, 0.1) is 34.0 Å². The minimum absolute atomic E-state index is 0.180. The van der Waals surface area contributed by atoms with Crippen LogP contribution in [0.15, 0.2) is 0 Å². The number of carboxylic acid groups (broad SMARTS) is 1. The zero-order valence-electron chi connectivity index (χ0n) is 12.2. The number of hydrogen-bond acceptors (Lipinski definition) is 8. The number of rotatable bonds is 12. The van der Waals surface area contributed by atoms with Gasteiger partial charge in [0.1, 0.15) is 13.2 Å². The minimum atomic E-state index is -0.990. The smallest absolute Gasteiger partial charge is 0.331 e. The van der Waals surface area contributed by atoms with Crippen molar-refractivity contribution in [2.45, 2.75) is 0 Å². The molecule has 0 unspecified atom stereocenters. The van der Waals surface area contributed by atoms with E-state index in [-0.39, 0.29) is 33.0 Å². The van der Waals surface area contributed by atoms with Crippen molar-refractivity contribution >= 4 is 17.9 Å². The second-order valence-electron chi connectivity index (χ2n) is 3.93. The average Bonchev–Trinajstić information content (AvgIpc) is 2.46. The molecule has 0 saturated carbocycles. The van der Waals surface area contributed by atoms with Gasteiger partial charge < -0.3 is 24.1 Å². The number of carbonyl (C=O) groups is 3. The zero-order valence-corrected chi connectivity index (χ0v) is 12.2. The first kappa shape index (κ1) is 19.3. The van der Waals surface area contributed by atoms with Crippen LogP contribution in [0.4, 0.5) is 0 Å². The molecule has 0 aromatic rings. The Hall–Kier alpha value is -1.71. The number of carboxylic acids is 1. The van der Waals surface area contributed by atoms with E-state index in [2.05, 4.69) is 9.47 Å². The van der Waals surface area contributed by atoms with Crippen LogP contribution in [0.3, 0.4) is 0 Å². The zero-order chi connectivity index (χ0) is 16.1. The number of carbonyl (C=O) groups excluding carboxylic acids is 2. The Morgan fingerprint density at radius 1 is 0.905 bits per heavy atom. The molecule has 0 rings (SSSR count). The van der Waals surface area contributed by atoms with E-state index in [0.29, 0.717) is 13.1 Å². The maximum atomic E-state index is 10.8. The third kappa shape index (κ3) is 11.8. The van der Waals surface area contributed by atoms with E-state index >= 15 is 0 Å². The van der Waals surface area contributed by atoms with E-state index in [0.717, 1.165) is 0 Å². The third-order valence-corrected chi connectivity index (χ3v) is 2.36. The predicted molar refractivity (Wildman–Crippen MR) is 69.7 cm³/mol. The second kappa shape index (κ2) is 12.1. The van der Waals surface area contributed by atoms with Gasteiger partial charge in [0.25, 0.3) is 0 Å². The Kier molecular flexibility index (Phi) is 11.1. The Balaban J connectivity index is 3.89. The van der Waals surface area contributed by atoms with Gasteiger partial charge in [-0.2, -0.15) is 0 Å². The lowest BCUT2D eigenvalue weighted by molar-refractivity contribution is -0.147. The SMILES string of the molecule is COC(=O)COCCN(CCOCC(=O)OC)CC(=O)O. The first-order chi connectivity index (χ1) is 9.99. The van der Waals surface area contributed by atoms with Crippen LogP contribution < -0.4 is 0 Å². The highest BCUT2D eigenvalue weighted by Crippen LogP contribution is 1.91. The molecule has 0 bridgehead atoms. The molecule has 122 valence electrons. The maximum absolute atomic E-state index is 10.8. The molecule has 0 heterocycles. The van der Waals surface area contributed by atoms with Gasteiger partial charge in [-0.3, -0.25) is 9.69 Å². The van der Waals surface area contributed by atoms with Crippen LogP contribution in [-0.2, 0) is 33.3 Å². The summed E-state index contributed by atoms with van der Waals surface area (Å²) in [6.07, 6.45) is 0. The van der Waals surface area contributed by atoms with Gasteiger partial charge in [-0.25, -0.2) is 9.59 Å². The van der Waals surface area contributed by atoms with Crippen molar-refractivity contribution in [3.05, 3.63) is 0 Å². The van der Waals surface area contributed by atoms with Gasteiger partial charge in [-0.1, -0.05) is 0 Å². The molecule has 0 aromatic carbocycles. The standard InChI is InChI=1S/C12H21NO8/c1-18-11(16)8-20-5-3-13(7-10(14)15)4-6-21-9-12(17)19-2/h3-9H2,1-2H3,(H,14,15). The van der Waals surface area contributed by atoms with E-state index < -0.39 is 17.9 Å². The summed E-state index contributed by atoms with van der Waals surface area (Å²) in [5, 5.41) is 8.78. The molecule has 9 heteroatoms. The van der Waals surface area contributed by atoms with Crippen molar-refractivity contribution < 1.29 is 38.4 Å². The topological polar surface area (TPSA) is 112 Å². The summed E-state index contributed by atoms with van der Waals surface area (Å²) < 4.78 is 18.9. The van der Waals surface area contributed by atoms with E-state index in [9.17, 15) is 14.4 Å². The first-order valence-electron chi connectivity index (χ1n) is 6.22. The van der Waals surface area contributed by atoms with Crippen LogP contribution in [0.25, 0.3) is 0 Å². The molecule has 0 radical (unpaired) electrons. The van der Waals surface area contributed by atoms with Crippen LogP contribution in [0.2, 0.25) is 0 Å². The van der Waals surface area contributed by atoms with Gasteiger partial charge in [-0.15, -0.1) is 0 Å². The molecular weight excluding hydrogens is 286 g/mol. The van der Waals surface area contributed by atoms with Crippen molar-refractivity contribution in [2.24, 2.45) is 0 Å². The molecule has 0 spiro atoms. The van der Waals surface area contributed by atoms with Gasteiger partial charge in [0.15, 0.2) is 0 Å². The van der Waals surface area contributed by atoms with Gasteiger partial charge in [-0.05, 0) is 0 Å². The monoisotopic (exact) mass is 307 g/mol. The average molecular weight is 307 g/mol. The van der Waals surface area contributed by atoms with Crippen LogP contribution in [0.5, 0.6) is 0 Å². The molecule has 1 N–H and O–H groups in total. The van der Waals surface area contributed by atoms with E-state index in [1.807, 2.05) is 0 Å². The number of esters is 2. The number of aliphatic carboxylic acids is 1. The van der Waals surface area contributed by atoms with Gasteiger partial charge >= 0.3 is 17.9 Å². The van der Waals surface area contributed by atoms with E-state index in [1.54, 1.807) is 4.90 Å². The molecule has 0 saturated heterocycles. The van der Waals surface area contributed by atoms with Crippen LogP contribution in [0.1, 0.15) is 0 Å². The van der Waals surface area contributed by atoms with Gasteiger partial charge in [0, 0.05) is 13.1 Å². The quantitative estimate of drug-likeness (QED) is 0.349. The molecule has 0 aliphatic carbocycles. The van der Waals surface area contributed by atoms with Crippen molar-refractivity contribution in [2.75, 3.05) is 60.3 Å². The van der Waals surface area contributed by atoms with Crippen LogP contribution in [-0.4, -0.2) is 88.2 Å². The highest BCUT2D eigenvalue weighted by atomic mass is 16.6. The summed E-state index contributed by atoms with van der Waals surface area (Å²) in [5.74, 6) is -1.99. The normalized spacial score (nSPS) is 10.4. The van der Waals surface area contributed by atoms with Gasteiger partial charge in [0.2, 0.25) is 0 Å². The number of hydrogen-bond donors (Lipinski definition) is 1. The number of ether oxygens (including phenoxy) is 4. The summed E-state index contributed by atoms with van der Waals surface area (Å²) in [6.45, 7) is 0.421. The first-order valence-corrected chi connectivity index (χ1v) is 6.22. The minimum Gasteiger partial charge on any atom is -0.480 e. The fraction of sp³-hybridized carbons (Fsp3) is 0.750. The Morgan fingerprint density at radius 3 is 1.67 bits per heavy atom. The molecule has 0 amide bonds. The summed E-state index contributed by atoms with van der Waals surface area (Å²) in [4.78, 5) is 33.9. The Labute approximate surface area is 122 Å². The van der Waals surface area contributed by atoms with Crippen molar-refractivity contribution in [3.63, 3.8) is 0 Å². The lowest BCUT2D eigenvalue weighted by atomic mass is 10.4. The summed E-state index contributed by atoms with van der Waals surface area (Å²) >= 11 is 0. The molecule has 0 aliphatic heterocycles. The molecule has 21 heavy (non-hydrogen) atoms. The van der Waals surface area contributed by atoms with Crippen molar-refractivity contribution in [3.8, 4) is 0 Å². The van der Waals surface area contributed by atoms with Crippen LogP contribution in [0, 0.1) is 0 Å². The molecule has 9 nitrogen and oxygen atoms in total. The fourth-order valence-electron chi connectivity index (χ4n) is 1.28. The lowest BCUT2D eigenvalue weighted by Gasteiger charge is -2.19. The molecular formula is C12H21NO8. The maximum Gasteiger partial charge on any atom is 0.331 e. The third-order valence-electron chi connectivity index (χ3n) is 2.36. The highest BCUT2D eigenvalue weighted by molar-refractivity contribution is 5.70. The summed E-state index contributed by atoms with van der Waals surface area (Å²) in [6, 6.07) is 0. The summed E-state index contributed by atoms with van der Waals surface area (Å²) in [7, 11) is 2.50. The lowest BCUT2D eigenvalue weighted by Crippen LogP contribution is -2.36. The second-order valence-corrected chi connectivity index (χ2v) is 3.93. The highest BCUT2D eigenvalue weighted by Gasteiger charge is 2.10. The van der Waals surface area contributed by atoms with E-state index in [1.165, 1.54) is 14.2 Å². The largest absolute Gasteiger partial charge is 0.480 e. The Bertz CT molecular complexity index is 309. The number of methoxy groups -OCH3 is 2. The molecule has 0 fully saturated rings. The molecule has 0 aromatic heterocycles.